The monoisotopic (exact) mass is 356 g/mol. The van der Waals surface area contributed by atoms with Crippen molar-refractivity contribution in [2.75, 3.05) is 13.7 Å². The van der Waals surface area contributed by atoms with Gasteiger partial charge in [0.25, 0.3) is 0 Å². The van der Waals surface area contributed by atoms with Gasteiger partial charge in [-0.3, -0.25) is 4.79 Å². The van der Waals surface area contributed by atoms with Crippen LogP contribution in [0.5, 0.6) is 0 Å². The van der Waals surface area contributed by atoms with Crippen LogP contribution in [0.3, 0.4) is 0 Å². The first-order valence-corrected chi connectivity index (χ1v) is 6.95. The number of nitrogens with zero attached hydrogens (tertiary/aromatic N) is 1. The third kappa shape index (κ3) is 7.83. The fraction of sp³-hybridized carbons (Fsp3) is 0.538. The zero-order chi connectivity index (χ0) is 15.1. The van der Waals surface area contributed by atoms with E-state index in [0.29, 0.717) is 5.56 Å². The lowest BCUT2D eigenvalue weighted by molar-refractivity contribution is -0.149. The maximum absolute atomic E-state index is 11.9. The van der Waals surface area contributed by atoms with Gasteiger partial charge in [-0.05, 0) is 38.6 Å². The molecule has 0 bridgehead atoms. The summed E-state index contributed by atoms with van der Waals surface area (Å²) in [6.45, 7) is 4.14. The zero-order valence-electron chi connectivity index (χ0n) is 12.1. The lowest BCUT2D eigenvalue weighted by Crippen LogP contribution is -2.40. The Kier molecular flexibility index (Phi) is 9.90. The Balaban J connectivity index is 0.00000400. The van der Waals surface area contributed by atoms with E-state index in [2.05, 4.69) is 10.3 Å². The van der Waals surface area contributed by atoms with Gasteiger partial charge in [-0.15, -0.1) is 12.4 Å². The number of esters is 1. The standard InChI is InChI=1S/C13H18Cl2N2O3.ClH/c1-8(2)19-7-10(16-3)13(18)20-6-9-4-11(14)17-12(15)5-9;/h4-5,8,10,16H,6-7H2,1-3H3;1H/t10-;/m0./s1. The molecule has 0 radical (unpaired) electrons. The van der Waals surface area contributed by atoms with Crippen molar-refractivity contribution in [1.82, 2.24) is 10.3 Å². The van der Waals surface area contributed by atoms with Gasteiger partial charge in [-0.1, -0.05) is 23.2 Å². The molecule has 1 rings (SSSR count). The molecule has 120 valence electrons. The number of nitrogens with one attached hydrogen (secondary N) is 1. The first-order chi connectivity index (χ1) is 9.42. The van der Waals surface area contributed by atoms with Gasteiger partial charge in [0.1, 0.15) is 23.0 Å². The molecule has 0 spiro atoms. The normalized spacial score (nSPS) is 11.9. The van der Waals surface area contributed by atoms with E-state index >= 15 is 0 Å². The largest absolute Gasteiger partial charge is 0.460 e. The van der Waals surface area contributed by atoms with Crippen molar-refractivity contribution in [2.24, 2.45) is 0 Å². The predicted molar refractivity (Wildman–Crippen MR) is 85.2 cm³/mol. The summed E-state index contributed by atoms with van der Waals surface area (Å²) in [4.78, 5) is 15.7. The Hall–Kier alpha value is -0.590. The molecule has 0 fully saturated rings. The fourth-order valence-electron chi connectivity index (χ4n) is 1.41. The van der Waals surface area contributed by atoms with Crippen LogP contribution in [-0.2, 0) is 20.9 Å². The average Bonchev–Trinajstić information content (AvgIpc) is 2.35. The molecule has 1 aromatic heterocycles. The smallest absolute Gasteiger partial charge is 0.325 e. The third-order valence-electron chi connectivity index (χ3n) is 2.43. The Morgan fingerprint density at radius 1 is 1.33 bits per heavy atom. The number of aromatic nitrogens is 1. The van der Waals surface area contributed by atoms with E-state index in [1.54, 1.807) is 19.2 Å². The second-order valence-corrected chi connectivity index (χ2v) is 5.23. The van der Waals surface area contributed by atoms with Gasteiger partial charge in [0.2, 0.25) is 0 Å². The lowest BCUT2D eigenvalue weighted by atomic mass is 10.3. The molecule has 1 heterocycles. The Labute approximate surface area is 140 Å². The van der Waals surface area contributed by atoms with Gasteiger partial charge in [-0.25, -0.2) is 4.98 Å². The van der Waals surface area contributed by atoms with Crippen LogP contribution in [-0.4, -0.2) is 36.8 Å². The van der Waals surface area contributed by atoms with Crippen molar-refractivity contribution in [3.05, 3.63) is 28.0 Å². The highest BCUT2D eigenvalue weighted by molar-refractivity contribution is 6.32. The van der Waals surface area contributed by atoms with Crippen molar-refractivity contribution in [1.29, 1.82) is 0 Å². The summed E-state index contributed by atoms with van der Waals surface area (Å²) in [7, 11) is 1.68. The van der Waals surface area contributed by atoms with Gasteiger partial charge in [0.05, 0.1) is 12.7 Å². The number of pyridine rings is 1. The Morgan fingerprint density at radius 2 is 1.90 bits per heavy atom. The third-order valence-corrected chi connectivity index (χ3v) is 2.82. The molecule has 8 heteroatoms. The Morgan fingerprint density at radius 3 is 2.38 bits per heavy atom. The van der Waals surface area contributed by atoms with E-state index in [0.717, 1.165) is 0 Å². The number of rotatable bonds is 7. The average molecular weight is 358 g/mol. The molecule has 0 saturated carbocycles. The molecule has 0 unspecified atom stereocenters. The minimum atomic E-state index is -0.509. The van der Waals surface area contributed by atoms with E-state index in [1.165, 1.54) is 0 Å². The van der Waals surface area contributed by atoms with Crippen LogP contribution in [0.1, 0.15) is 19.4 Å². The summed E-state index contributed by atoms with van der Waals surface area (Å²) in [5, 5.41) is 3.37. The summed E-state index contributed by atoms with van der Waals surface area (Å²) >= 11 is 11.5. The van der Waals surface area contributed by atoms with Crippen LogP contribution < -0.4 is 5.32 Å². The molecule has 1 aromatic rings. The van der Waals surface area contributed by atoms with Crippen molar-refractivity contribution in [2.45, 2.75) is 32.6 Å². The molecule has 0 aromatic carbocycles. The SMILES string of the molecule is CN[C@@H](COC(C)C)C(=O)OCc1cc(Cl)nc(Cl)c1.Cl. The highest BCUT2D eigenvalue weighted by atomic mass is 35.5. The number of carbonyl (C=O) groups excluding carboxylic acids is 1. The molecule has 1 atom stereocenters. The molecule has 0 aliphatic rings. The molecule has 0 aliphatic heterocycles. The summed E-state index contributed by atoms with van der Waals surface area (Å²) in [6.07, 6.45) is 0.0523. The molecule has 0 saturated heterocycles. The highest BCUT2D eigenvalue weighted by Crippen LogP contribution is 2.15. The van der Waals surface area contributed by atoms with Crippen molar-refractivity contribution < 1.29 is 14.3 Å². The molecule has 0 amide bonds. The van der Waals surface area contributed by atoms with Crippen molar-refractivity contribution in [3.63, 3.8) is 0 Å². The quantitative estimate of drug-likeness (QED) is 0.600. The van der Waals surface area contributed by atoms with Gasteiger partial charge in [-0.2, -0.15) is 0 Å². The van der Waals surface area contributed by atoms with E-state index in [9.17, 15) is 4.79 Å². The summed E-state index contributed by atoms with van der Waals surface area (Å²) in [6, 6.07) is 2.68. The second-order valence-electron chi connectivity index (χ2n) is 4.45. The number of halogens is 3. The predicted octanol–water partition coefficient (Wildman–Crippen LogP) is 2.87. The summed E-state index contributed by atoms with van der Waals surface area (Å²) in [5.74, 6) is -0.391. The number of hydrogen-bond donors (Lipinski definition) is 1. The van der Waals surface area contributed by atoms with E-state index in [4.69, 9.17) is 32.7 Å². The van der Waals surface area contributed by atoms with Crippen LogP contribution in [0.4, 0.5) is 0 Å². The maximum Gasteiger partial charge on any atom is 0.325 e. The highest BCUT2D eigenvalue weighted by Gasteiger charge is 2.19. The van der Waals surface area contributed by atoms with Crippen molar-refractivity contribution in [3.8, 4) is 0 Å². The number of likely N-dealkylation sites (N-methyl/N-ethyl adjacent to an activating group) is 1. The zero-order valence-corrected chi connectivity index (χ0v) is 14.4. The second kappa shape index (κ2) is 10.2. The first kappa shape index (κ1) is 20.4. The van der Waals surface area contributed by atoms with Crippen LogP contribution >= 0.6 is 35.6 Å². The summed E-state index contributed by atoms with van der Waals surface area (Å²) in [5.41, 5.74) is 0.683. The number of carbonyl (C=O) groups is 1. The fourth-order valence-corrected chi connectivity index (χ4v) is 1.92. The molecule has 1 N–H and O–H groups in total. The molecule has 5 nitrogen and oxygen atoms in total. The lowest BCUT2D eigenvalue weighted by Gasteiger charge is -2.17. The first-order valence-electron chi connectivity index (χ1n) is 6.20. The molecular formula is C13H19Cl3N2O3. The van der Waals surface area contributed by atoms with E-state index in [-0.39, 0.29) is 42.0 Å². The maximum atomic E-state index is 11.9. The minimum absolute atomic E-state index is 0. The van der Waals surface area contributed by atoms with Gasteiger partial charge >= 0.3 is 5.97 Å². The number of hydrogen-bond acceptors (Lipinski definition) is 5. The van der Waals surface area contributed by atoms with Gasteiger partial charge in [0.15, 0.2) is 0 Å². The van der Waals surface area contributed by atoms with Gasteiger partial charge < -0.3 is 14.8 Å². The molecular weight excluding hydrogens is 339 g/mol. The van der Waals surface area contributed by atoms with Gasteiger partial charge in [0, 0.05) is 0 Å². The summed E-state index contributed by atoms with van der Waals surface area (Å²) < 4.78 is 10.6. The topological polar surface area (TPSA) is 60.5 Å². The van der Waals surface area contributed by atoms with Crippen LogP contribution in [0.2, 0.25) is 10.3 Å². The minimum Gasteiger partial charge on any atom is -0.460 e. The van der Waals surface area contributed by atoms with E-state index < -0.39 is 12.0 Å². The molecule has 21 heavy (non-hydrogen) atoms. The number of ether oxygens (including phenoxy) is 2. The molecule has 0 aliphatic carbocycles. The Bertz CT molecular complexity index is 438. The van der Waals surface area contributed by atoms with Crippen LogP contribution in [0, 0.1) is 0 Å². The van der Waals surface area contributed by atoms with Crippen molar-refractivity contribution >= 4 is 41.6 Å². The van der Waals surface area contributed by atoms with Crippen LogP contribution in [0.25, 0.3) is 0 Å². The van der Waals surface area contributed by atoms with E-state index in [1.807, 2.05) is 13.8 Å². The van der Waals surface area contributed by atoms with Crippen LogP contribution in [0.15, 0.2) is 12.1 Å².